The van der Waals surface area contributed by atoms with Gasteiger partial charge in [-0.05, 0) is 44.0 Å². The third-order valence-electron chi connectivity index (χ3n) is 3.62. The first kappa shape index (κ1) is 10.9. The Kier molecular flexibility index (Phi) is 3.18. The van der Waals surface area contributed by atoms with Crippen LogP contribution in [-0.4, -0.2) is 31.3 Å². The summed E-state index contributed by atoms with van der Waals surface area (Å²) in [5.74, 6) is 1.87. The van der Waals surface area contributed by atoms with E-state index in [1.807, 2.05) is 6.07 Å². The van der Waals surface area contributed by atoms with Crippen LogP contribution in [0.1, 0.15) is 24.8 Å². The zero-order valence-electron chi connectivity index (χ0n) is 10.2. The van der Waals surface area contributed by atoms with E-state index in [-0.39, 0.29) is 0 Å². The van der Waals surface area contributed by atoms with Crippen molar-refractivity contribution in [2.24, 2.45) is 0 Å². The first-order valence-electron chi connectivity index (χ1n) is 6.53. The number of hydrogen-bond acceptors (Lipinski definition) is 3. The molecule has 0 aliphatic carbocycles. The van der Waals surface area contributed by atoms with Gasteiger partial charge in [0.15, 0.2) is 11.5 Å². The summed E-state index contributed by atoms with van der Waals surface area (Å²) in [6, 6.07) is 6.18. The van der Waals surface area contributed by atoms with E-state index in [9.17, 15) is 0 Å². The van der Waals surface area contributed by atoms with Gasteiger partial charge in [0.05, 0.1) is 0 Å². The quantitative estimate of drug-likeness (QED) is 0.800. The van der Waals surface area contributed by atoms with E-state index in [2.05, 4.69) is 17.0 Å². The van der Waals surface area contributed by atoms with E-state index in [0.29, 0.717) is 6.79 Å². The van der Waals surface area contributed by atoms with Crippen molar-refractivity contribution >= 4 is 0 Å². The zero-order valence-corrected chi connectivity index (χ0v) is 10.2. The van der Waals surface area contributed by atoms with Gasteiger partial charge in [0, 0.05) is 6.54 Å². The average Bonchev–Trinajstić information content (AvgIpc) is 2.86. The average molecular weight is 233 g/mol. The second-order valence-corrected chi connectivity index (χ2v) is 4.80. The Hall–Kier alpha value is -1.22. The Morgan fingerprint density at radius 1 is 1.06 bits per heavy atom. The molecule has 0 amide bonds. The van der Waals surface area contributed by atoms with Crippen molar-refractivity contribution in [2.75, 3.05) is 26.4 Å². The predicted molar refractivity (Wildman–Crippen MR) is 66.6 cm³/mol. The van der Waals surface area contributed by atoms with Gasteiger partial charge in [-0.3, -0.25) is 0 Å². The molecule has 0 aromatic heterocycles. The molecule has 0 spiro atoms. The number of fused-ring (bicyclic) bond motifs is 1. The molecule has 1 saturated heterocycles. The van der Waals surface area contributed by atoms with Crippen molar-refractivity contribution in [2.45, 2.75) is 25.7 Å². The molecule has 1 aromatic carbocycles. The highest BCUT2D eigenvalue weighted by atomic mass is 16.7. The minimum atomic E-state index is 0.371. The van der Waals surface area contributed by atoms with Gasteiger partial charge in [0.25, 0.3) is 0 Å². The summed E-state index contributed by atoms with van der Waals surface area (Å²) in [5, 5.41) is 0. The summed E-state index contributed by atoms with van der Waals surface area (Å²) in [4.78, 5) is 2.55. The lowest BCUT2D eigenvalue weighted by Gasteiger charge is -2.26. The van der Waals surface area contributed by atoms with Crippen LogP contribution in [0.4, 0.5) is 0 Å². The molecule has 92 valence electrons. The smallest absolute Gasteiger partial charge is 0.231 e. The molecule has 2 heterocycles. The van der Waals surface area contributed by atoms with Gasteiger partial charge < -0.3 is 14.4 Å². The zero-order chi connectivity index (χ0) is 11.5. The summed E-state index contributed by atoms with van der Waals surface area (Å²) in [5.41, 5.74) is 1.28. The van der Waals surface area contributed by atoms with Gasteiger partial charge in [-0.25, -0.2) is 0 Å². The largest absolute Gasteiger partial charge is 0.454 e. The van der Waals surface area contributed by atoms with Crippen molar-refractivity contribution < 1.29 is 9.47 Å². The fourth-order valence-corrected chi connectivity index (χ4v) is 2.65. The normalized spacial score (nSPS) is 19.5. The molecule has 0 radical (unpaired) electrons. The van der Waals surface area contributed by atoms with E-state index in [4.69, 9.17) is 9.47 Å². The second-order valence-electron chi connectivity index (χ2n) is 4.80. The van der Waals surface area contributed by atoms with Crippen LogP contribution in [0.2, 0.25) is 0 Å². The van der Waals surface area contributed by atoms with Crippen molar-refractivity contribution in [3.05, 3.63) is 23.8 Å². The van der Waals surface area contributed by atoms with Crippen LogP contribution in [-0.2, 0) is 6.42 Å². The van der Waals surface area contributed by atoms with Crippen LogP contribution >= 0.6 is 0 Å². The number of benzene rings is 1. The highest BCUT2D eigenvalue weighted by Gasteiger charge is 2.18. The van der Waals surface area contributed by atoms with Gasteiger partial charge in [-0.1, -0.05) is 18.6 Å². The minimum Gasteiger partial charge on any atom is -0.454 e. The lowest BCUT2D eigenvalue weighted by molar-refractivity contribution is 0.172. The molecule has 0 N–H and O–H groups in total. The van der Waals surface area contributed by atoms with Gasteiger partial charge in [0.1, 0.15) is 0 Å². The topological polar surface area (TPSA) is 21.7 Å². The summed E-state index contributed by atoms with van der Waals surface area (Å²) >= 11 is 0. The lowest BCUT2D eigenvalue weighted by Crippen LogP contribution is -2.31. The van der Waals surface area contributed by atoms with Crippen molar-refractivity contribution in [1.29, 1.82) is 0 Å². The maximum atomic E-state index is 5.53. The fourth-order valence-electron chi connectivity index (χ4n) is 2.65. The van der Waals surface area contributed by atoms with Crippen LogP contribution in [0.3, 0.4) is 0 Å². The van der Waals surface area contributed by atoms with Crippen molar-refractivity contribution in [1.82, 2.24) is 4.90 Å². The molecule has 2 aliphatic rings. The van der Waals surface area contributed by atoms with Gasteiger partial charge in [-0.15, -0.1) is 0 Å². The van der Waals surface area contributed by atoms with Crippen molar-refractivity contribution in [3.8, 4) is 11.5 Å². The van der Waals surface area contributed by atoms with Gasteiger partial charge >= 0.3 is 0 Å². The third kappa shape index (κ3) is 2.39. The summed E-state index contributed by atoms with van der Waals surface area (Å²) in [6.07, 6.45) is 5.17. The van der Waals surface area contributed by atoms with Gasteiger partial charge in [0.2, 0.25) is 6.79 Å². The molecule has 0 unspecified atom stereocenters. The van der Waals surface area contributed by atoms with Crippen LogP contribution in [0.5, 0.6) is 11.5 Å². The van der Waals surface area contributed by atoms with E-state index >= 15 is 0 Å². The maximum Gasteiger partial charge on any atom is 0.231 e. The Labute approximate surface area is 102 Å². The Balaban J connectivity index is 1.63. The number of ether oxygens (including phenoxy) is 2. The molecule has 1 aromatic rings. The number of rotatable bonds is 3. The number of nitrogens with zero attached hydrogens (tertiary/aromatic N) is 1. The molecule has 3 rings (SSSR count). The number of piperidine rings is 1. The summed E-state index contributed by atoms with van der Waals surface area (Å²) in [7, 11) is 0. The molecular formula is C14H19NO2. The Morgan fingerprint density at radius 3 is 2.82 bits per heavy atom. The standard InChI is InChI=1S/C14H19NO2/c1-2-8-15(9-3-1)10-7-12-5-4-6-13-14(12)17-11-16-13/h4-6H,1-3,7-11H2. The molecule has 0 atom stereocenters. The first-order valence-corrected chi connectivity index (χ1v) is 6.53. The van der Waals surface area contributed by atoms with E-state index in [0.717, 1.165) is 24.5 Å². The van der Waals surface area contributed by atoms with E-state index in [1.54, 1.807) is 0 Å². The predicted octanol–water partition coefficient (Wildman–Crippen LogP) is 2.44. The lowest BCUT2D eigenvalue weighted by atomic mass is 10.1. The van der Waals surface area contributed by atoms with Crippen LogP contribution in [0, 0.1) is 0 Å². The summed E-state index contributed by atoms with van der Waals surface area (Å²) in [6.45, 7) is 4.02. The maximum absolute atomic E-state index is 5.53. The van der Waals surface area contributed by atoms with E-state index in [1.165, 1.54) is 37.9 Å². The van der Waals surface area contributed by atoms with Crippen LogP contribution in [0.15, 0.2) is 18.2 Å². The Bertz CT molecular complexity index is 386. The van der Waals surface area contributed by atoms with Crippen molar-refractivity contribution in [3.63, 3.8) is 0 Å². The molecular weight excluding hydrogens is 214 g/mol. The monoisotopic (exact) mass is 233 g/mol. The minimum absolute atomic E-state index is 0.371. The molecule has 0 bridgehead atoms. The molecule has 0 saturated carbocycles. The first-order chi connectivity index (χ1) is 8.43. The third-order valence-corrected chi connectivity index (χ3v) is 3.62. The number of para-hydroxylation sites is 1. The summed E-state index contributed by atoms with van der Waals surface area (Å²) < 4.78 is 10.9. The molecule has 17 heavy (non-hydrogen) atoms. The molecule has 3 heteroatoms. The molecule has 2 aliphatic heterocycles. The highest BCUT2D eigenvalue weighted by Crippen LogP contribution is 2.35. The highest BCUT2D eigenvalue weighted by molar-refractivity contribution is 5.48. The van der Waals surface area contributed by atoms with E-state index < -0.39 is 0 Å². The molecule has 1 fully saturated rings. The van der Waals surface area contributed by atoms with Crippen LogP contribution in [0.25, 0.3) is 0 Å². The molecule has 3 nitrogen and oxygen atoms in total. The second kappa shape index (κ2) is 4.96. The number of likely N-dealkylation sites (tertiary alicyclic amines) is 1. The number of hydrogen-bond donors (Lipinski definition) is 0. The fraction of sp³-hybridized carbons (Fsp3) is 0.571. The Morgan fingerprint density at radius 2 is 1.94 bits per heavy atom. The van der Waals surface area contributed by atoms with Gasteiger partial charge in [-0.2, -0.15) is 0 Å². The van der Waals surface area contributed by atoms with Crippen LogP contribution < -0.4 is 9.47 Å². The SMILES string of the molecule is c1cc(CCN2CCCCC2)c2c(c1)OCO2.